The Morgan fingerprint density at radius 3 is 2.22 bits per heavy atom. The van der Waals surface area contributed by atoms with Crippen LogP contribution in [-0.4, -0.2) is 38.1 Å². The smallest absolute Gasteiger partial charge is 0.279 e. The second kappa shape index (κ2) is 5.67. The van der Waals surface area contributed by atoms with Crippen LogP contribution in [0, 0.1) is 11.3 Å². The molecule has 1 fully saturated rings. The summed E-state index contributed by atoms with van der Waals surface area (Å²) in [6.45, 7) is 8.43. The van der Waals surface area contributed by atoms with Crippen molar-refractivity contribution in [3.05, 3.63) is 0 Å². The quantitative estimate of drug-likeness (QED) is 0.838. The maximum atomic E-state index is 12.0. The fraction of sp³-hybridized carbons (Fsp3) is 0.917. The predicted molar refractivity (Wildman–Crippen MR) is 71.4 cm³/mol. The molecule has 0 aliphatic carbocycles. The fourth-order valence-electron chi connectivity index (χ4n) is 1.74. The maximum absolute atomic E-state index is 12.0. The van der Waals surface area contributed by atoms with Gasteiger partial charge in [0.1, 0.15) is 0 Å². The summed E-state index contributed by atoms with van der Waals surface area (Å²) in [7, 11) is -3.50. The first kappa shape index (κ1) is 15.6. The third kappa shape index (κ3) is 4.33. The lowest BCUT2D eigenvalue weighted by atomic mass is 9.91. The minimum absolute atomic E-state index is 0.101. The van der Waals surface area contributed by atoms with Gasteiger partial charge in [0.25, 0.3) is 10.2 Å². The number of nitrogens with zero attached hydrogens (tertiary/aromatic N) is 1. The molecule has 0 aromatic rings. The van der Waals surface area contributed by atoms with Gasteiger partial charge in [-0.15, -0.1) is 0 Å². The summed E-state index contributed by atoms with van der Waals surface area (Å²) in [5.74, 6) is 0.476. The number of carbonyl (C=O) groups excluding carboxylic acids is 1. The highest BCUT2D eigenvalue weighted by atomic mass is 32.2. The molecule has 1 heterocycles. The first-order chi connectivity index (χ1) is 8.13. The van der Waals surface area contributed by atoms with Gasteiger partial charge < -0.3 is 0 Å². The van der Waals surface area contributed by atoms with Gasteiger partial charge in [0.05, 0.1) is 6.54 Å². The van der Waals surface area contributed by atoms with E-state index in [1.807, 2.05) is 0 Å². The van der Waals surface area contributed by atoms with Crippen molar-refractivity contribution in [2.75, 3.05) is 19.6 Å². The molecule has 0 spiro atoms. The van der Waals surface area contributed by atoms with Crippen LogP contribution in [0.2, 0.25) is 0 Å². The molecule has 0 amide bonds. The Morgan fingerprint density at radius 2 is 1.78 bits per heavy atom. The Kier molecular flexibility index (Phi) is 4.91. The van der Waals surface area contributed by atoms with E-state index in [0.29, 0.717) is 19.0 Å². The van der Waals surface area contributed by atoms with Crippen molar-refractivity contribution in [2.24, 2.45) is 11.3 Å². The largest absolute Gasteiger partial charge is 0.298 e. The Labute approximate surface area is 110 Å². The van der Waals surface area contributed by atoms with Crippen LogP contribution in [0.15, 0.2) is 0 Å². The van der Waals surface area contributed by atoms with Gasteiger partial charge in [0.15, 0.2) is 5.78 Å². The molecule has 0 bridgehead atoms. The molecule has 5 nitrogen and oxygen atoms in total. The molecule has 18 heavy (non-hydrogen) atoms. The first-order valence-electron chi connectivity index (χ1n) is 6.41. The highest BCUT2D eigenvalue weighted by Crippen LogP contribution is 2.18. The molecule has 0 saturated carbocycles. The number of hydrogen-bond acceptors (Lipinski definition) is 3. The lowest BCUT2D eigenvalue weighted by Gasteiger charge is -2.29. The highest BCUT2D eigenvalue weighted by Gasteiger charge is 2.28. The summed E-state index contributed by atoms with van der Waals surface area (Å²) in [6.07, 6.45) is 1.77. The predicted octanol–water partition coefficient (Wildman–Crippen LogP) is 1.17. The van der Waals surface area contributed by atoms with Gasteiger partial charge in [0, 0.05) is 18.5 Å². The molecule has 1 aliphatic heterocycles. The van der Waals surface area contributed by atoms with Gasteiger partial charge >= 0.3 is 0 Å². The third-order valence-electron chi connectivity index (χ3n) is 3.33. The molecular weight excluding hydrogens is 252 g/mol. The monoisotopic (exact) mass is 276 g/mol. The summed E-state index contributed by atoms with van der Waals surface area (Å²) >= 11 is 0. The maximum Gasteiger partial charge on any atom is 0.279 e. The molecule has 0 aromatic heterocycles. The van der Waals surface area contributed by atoms with Crippen LogP contribution in [-0.2, 0) is 15.0 Å². The molecule has 1 N–H and O–H groups in total. The van der Waals surface area contributed by atoms with E-state index in [4.69, 9.17) is 0 Å². The second-order valence-corrected chi connectivity index (χ2v) is 7.84. The van der Waals surface area contributed by atoms with Gasteiger partial charge in [-0.1, -0.05) is 27.7 Å². The molecule has 1 aliphatic rings. The number of Topliss-reactive ketones (excluding diaryl/α,β-unsaturated/α-hetero) is 1. The molecule has 0 aromatic carbocycles. The van der Waals surface area contributed by atoms with Crippen molar-refractivity contribution in [1.82, 2.24) is 9.03 Å². The average Bonchev–Trinajstić information content (AvgIpc) is 2.25. The minimum atomic E-state index is -3.50. The highest BCUT2D eigenvalue weighted by molar-refractivity contribution is 7.87. The normalized spacial score (nSPS) is 20.0. The van der Waals surface area contributed by atoms with E-state index in [1.165, 1.54) is 4.31 Å². The van der Waals surface area contributed by atoms with Crippen molar-refractivity contribution >= 4 is 16.0 Å². The van der Waals surface area contributed by atoms with E-state index >= 15 is 0 Å². The van der Waals surface area contributed by atoms with Gasteiger partial charge in [-0.2, -0.15) is 17.4 Å². The van der Waals surface area contributed by atoms with Crippen molar-refractivity contribution in [3.63, 3.8) is 0 Å². The van der Waals surface area contributed by atoms with Crippen LogP contribution < -0.4 is 4.72 Å². The Morgan fingerprint density at radius 1 is 1.28 bits per heavy atom. The topological polar surface area (TPSA) is 66.5 Å². The molecule has 0 radical (unpaired) electrons. The fourth-order valence-corrected chi connectivity index (χ4v) is 2.93. The SMILES string of the molecule is CC1CCN(S(=O)(=O)NCC(=O)C(C)(C)C)CC1. The van der Waals surface area contributed by atoms with Crippen LogP contribution in [0.1, 0.15) is 40.5 Å². The molecule has 106 valence electrons. The number of carbonyl (C=O) groups is 1. The van der Waals surface area contributed by atoms with Crippen molar-refractivity contribution < 1.29 is 13.2 Å². The molecular formula is C12H24N2O3S. The van der Waals surface area contributed by atoms with Gasteiger partial charge in [-0.25, -0.2) is 0 Å². The van der Waals surface area contributed by atoms with Crippen LogP contribution in [0.25, 0.3) is 0 Å². The number of rotatable bonds is 4. The average molecular weight is 276 g/mol. The zero-order valence-electron chi connectivity index (χ0n) is 11.7. The van der Waals surface area contributed by atoms with Crippen molar-refractivity contribution in [2.45, 2.75) is 40.5 Å². The Hall–Kier alpha value is -0.460. The molecule has 1 saturated heterocycles. The molecule has 6 heteroatoms. The van der Waals surface area contributed by atoms with E-state index in [-0.39, 0.29) is 12.3 Å². The minimum Gasteiger partial charge on any atom is -0.298 e. The van der Waals surface area contributed by atoms with E-state index in [2.05, 4.69) is 11.6 Å². The van der Waals surface area contributed by atoms with Gasteiger partial charge in [-0.3, -0.25) is 4.79 Å². The third-order valence-corrected chi connectivity index (χ3v) is 4.89. The van der Waals surface area contributed by atoms with Crippen LogP contribution in [0.5, 0.6) is 0 Å². The standard InChI is InChI=1S/C12H24N2O3S/c1-10-5-7-14(8-6-10)18(16,17)13-9-11(15)12(2,3)4/h10,13H,5-9H2,1-4H3. The van der Waals surface area contributed by atoms with Gasteiger partial charge in [-0.05, 0) is 18.8 Å². The lowest BCUT2D eigenvalue weighted by Crippen LogP contribution is -2.47. The zero-order chi connectivity index (χ0) is 14.0. The Bertz CT molecular complexity index is 390. The summed E-state index contributed by atoms with van der Waals surface area (Å²) < 4.78 is 27.8. The Balaban J connectivity index is 2.53. The van der Waals surface area contributed by atoms with Crippen molar-refractivity contribution in [1.29, 1.82) is 0 Å². The van der Waals surface area contributed by atoms with E-state index < -0.39 is 15.6 Å². The summed E-state index contributed by atoms with van der Waals surface area (Å²) in [5.41, 5.74) is -0.515. The number of nitrogens with one attached hydrogen (secondary N) is 1. The van der Waals surface area contributed by atoms with E-state index in [0.717, 1.165) is 12.8 Å². The number of piperidine rings is 1. The van der Waals surface area contributed by atoms with Crippen molar-refractivity contribution in [3.8, 4) is 0 Å². The van der Waals surface area contributed by atoms with Gasteiger partial charge in [0.2, 0.25) is 0 Å². The molecule has 1 rings (SSSR count). The van der Waals surface area contributed by atoms with Crippen LogP contribution >= 0.6 is 0 Å². The van der Waals surface area contributed by atoms with E-state index in [1.54, 1.807) is 20.8 Å². The lowest BCUT2D eigenvalue weighted by molar-refractivity contribution is -0.125. The van der Waals surface area contributed by atoms with E-state index in [9.17, 15) is 13.2 Å². The van der Waals surface area contributed by atoms with Crippen LogP contribution in [0.3, 0.4) is 0 Å². The summed E-state index contributed by atoms with van der Waals surface area (Å²) in [6, 6.07) is 0. The molecule has 0 unspecified atom stereocenters. The summed E-state index contributed by atoms with van der Waals surface area (Å²) in [5, 5.41) is 0. The summed E-state index contributed by atoms with van der Waals surface area (Å²) in [4.78, 5) is 11.7. The molecule has 0 atom stereocenters. The second-order valence-electron chi connectivity index (χ2n) is 6.08. The first-order valence-corrected chi connectivity index (χ1v) is 7.85. The zero-order valence-corrected chi connectivity index (χ0v) is 12.5. The number of ketones is 1. The number of hydrogen-bond donors (Lipinski definition) is 1. The van der Waals surface area contributed by atoms with Crippen LogP contribution in [0.4, 0.5) is 0 Å².